The van der Waals surface area contributed by atoms with Gasteiger partial charge in [0.1, 0.15) is 10.6 Å². The highest BCUT2D eigenvalue weighted by Crippen LogP contribution is 2.33. The van der Waals surface area contributed by atoms with Gasteiger partial charge in [0.25, 0.3) is 11.8 Å². The zero-order chi connectivity index (χ0) is 25.1. The topological polar surface area (TPSA) is 90.1 Å². The van der Waals surface area contributed by atoms with Crippen LogP contribution in [0, 0.1) is 5.41 Å². The van der Waals surface area contributed by atoms with Gasteiger partial charge in [0.2, 0.25) is 0 Å². The minimum atomic E-state index is -0.131. The van der Waals surface area contributed by atoms with Crippen molar-refractivity contribution in [2.45, 2.75) is 51.5 Å². The Kier molecular flexibility index (Phi) is 6.96. The molecule has 3 N–H and O–H groups in total. The van der Waals surface area contributed by atoms with E-state index in [2.05, 4.69) is 52.1 Å². The number of carbonyl (C=O) groups is 2. The minimum Gasteiger partial charge on any atom is -0.382 e. The van der Waals surface area contributed by atoms with E-state index < -0.39 is 0 Å². The van der Waals surface area contributed by atoms with Crippen LogP contribution in [0.15, 0.2) is 54.6 Å². The number of nitrogens with one attached hydrogen (secondary N) is 3. The Balaban J connectivity index is 1.22. The average Bonchev–Trinajstić information content (AvgIpc) is 3.62. The first kappa shape index (κ1) is 24.3. The lowest BCUT2D eigenvalue weighted by molar-refractivity contribution is 0.0952. The number of carbonyl (C=O) groups excluding carboxylic acids is 2. The van der Waals surface area contributed by atoms with Crippen molar-refractivity contribution in [2.24, 2.45) is 5.41 Å². The Morgan fingerprint density at radius 1 is 1.19 bits per heavy atom. The first-order chi connectivity index (χ1) is 17.4. The van der Waals surface area contributed by atoms with Crippen LogP contribution in [0.25, 0.3) is 10.2 Å². The van der Waals surface area contributed by atoms with Gasteiger partial charge >= 0.3 is 0 Å². The van der Waals surface area contributed by atoms with E-state index in [4.69, 9.17) is 0 Å². The fourth-order valence-corrected chi connectivity index (χ4v) is 5.89. The Morgan fingerprint density at radius 2 is 1.97 bits per heavy atom. The summed E-state index contributed by atoms with van der Waals surface area (Å²) in [5.41, 5.74) is 1.72. The first-order valence-electron chi connectivity index (χ1n) is 12.7. The second kappa shape index (κ2) is 10.3. The number of amides is 2. The summed E-state index contributed by atoms with van der Waals surface area (Å²) in [7, 11) is 1.73. The number of hydrogen-bond acceptors (Lipinski definition) is 5. The number of aromatic nitrogens is 2. The quantitative estimate of drug-likeness (QED) is 0.357. The third-order valence-corrected chi connectivity index (χ3v) is 8.29. The molecule has 7 nitrogen and oxygen atoms in total. The largest absolute Gasteiger partial charge is 0.382 e. The minimum absolute atomic E-state index is 0.0767. The van der Waals surface area contributed by atoms with Crippen LogP contribution >= 0.6 is 11.3 Å². The average molecular weight is 504 g/mol. The smallest absolute Gasteiger partial charge is 0.261 e. The Labute approximate surface area is 215 Å². The van der Waals surface area contributed by atoms with Gasteiger partial charge in [-0.3, -0.25) is 19.6 Å². The number of benzene rings is 1. The lowest BCUT2D eigenvalue weighted by Gasteiger charge is -2.26. The van der Waals surface area contributed by atoms with Crippen molar-refractivity contribution < 1.29 is 9.59 Å². The number of H-pyrrole nitrogens is 1. The molecule has 188 valence electrons. The van der Waals surface area contributed by atoms with E-state index in [1.807, 2.05) is 30.3 Å². The van der Waals surface area contributed by atoms with Crippen LogP contribution in [0.1, 0.15) is 65.5 Å². The van der Waals surface area contributed by atoms with E-state index >= 15 is 0 Å². The molecule has 0 spiro atoms. The van der Waals surface area contributed by atoms with Crippen LogP contribution < -0.4 is 15.5 Å². The Morgan fingerprint density at radius 3 is 2.69 bits per heavy atom. The molecule has 1 aromatic carbocycles. The monoisotopic (exact) mass is 503 g/mol. The molecule has 1 atom stereocenters. The van der Waals surface area contributed by atoms with Gasteiger partial charge in [-0.1, -0.05) is 44.1 Å². The zero-order valence-electron chi connectivity index (χ0n) is 20.8. The van der Waals surface area contributed by atoms with E-state index in [-0.39, 0.29) is 17.2 Å². The number of fused-ring (bicyclic) bond motifs is 1. The Hall–Kier alpha value is -3.39. The molecule has 0 radical (unpaired) electrons. The summed E-state index contributed by atoms with van der Waals surface area (Å²) >= 11 is 1.33. The van der Waals surface area contributed by atoms with Crippen molar-refractivity contribution in [2.75, 3.05) is 23.8 Å². The molecule has 5 rings (SSSR count). The van der Waals surface area contributed by atoms with Gasteiger partial charge in [-0.2, -0.15) is 5.10 Å². The summed E-state index contributed by atoms with van der Waals surface area (Å²) < 4.78 is 0. The molecule has 0 saturated heterocycles. The van der Waals surface area contributed by atoms with Crippen LogP contribution in [0.5, 0.6) is 0 Å². The van der Waals surface area contributed by atoms with Gasteiger partial charge in [-0.15, -0.1) is 11.3 Å². The maximum absolute atomic E-state index is 13.2. The lowest BCUT2D eigenvalue weighted by atomic mass is 9.81. The van der Waals surface area contributed by atoms with Gasteiger partial charge in [-0.25, -0.2) is 0 Å². The third kappa shape index (κ3) is 5.23. The van der Waals surface area contributed by atoms with Crippen molar-refractivity contribution in [3.63, 3.8) is 0 Å². The number of nitrogens with zero attached hydrogens (tertiary/aromatic N) is 2. The number of rotatable bonds is 8. The fraction of sp³-hybridized carbons (Fsp3) is 0.393. The lowest BCUT2D eigenvalue weighted by Crippen LogP contribution is -2.28. The summed E-state index contributed by atoms with van der Waals surface area (Å²) in [5, 5.41) is 14.7. The van der Waals surface area contributed by atoms with Crippen molar-refractivity contribution in [1.82, 2.24) is 15.5 Å². The highest BCUT2D eigenvalue weighted by molar-refractivity contribution is 7.20. The molecule has 0 bridgehead atoms. The maximum atomic E-state index is 13.2. The van der Waals surface area contributed by atoms with Crippen LogP contribution in [-0.4, -0.2) is 41.6 Å². The highest BCUT2D eigenvalue weighted by Gasteiger charge is 2.23. The van der Waals surface area contributed by atoms with Gasteiger partial charge in [0.05, 0.1) is 10.3 Å². The van der Waals surface area contributed by atoms with Crippen LogP contribution in [0.4, 0.5) is 11.5 Å². The second-order valence-corrected chi connectivity index (χ2v) is 11.2. The summed E-state index contributed by atoms with van der Waals surface area (Å²) in [6, 6.07) is 9.99. The van der Waals surface area contributed by atoms with E-state index in [0.717, 1.165) is 23.9 Å². The molecule has 0 aliphatic heterocycles. The summed E-state index contributed by atoms with van der Waals surface area (Å²) in [4.78, 5) is 28.8. The molecule has 2 aliphatic rings. The number of thiophene rings is 1. The second-order valence-electron chi connectivity index (χ2n) is 10.1. The van der Waals surface area contributed by atoms with Crippen LogP contribution in [0.3, 0.4) is 0 Å². The Bertz CT molecular complexity index is 1300. The standard InChI is InChI=1S/C28H33N5O2S/c1-28(14-6-3-7-15-28)16-17-29-25(34)23-18-22-24(31-32-26(22)36-23)33(2)27(35)19-10-12-21(13-11-19)30-20-8-4-5-9-20/h3,6-7,10-14,18,20,30H,4-5,8-9,15-17H2,1-2H3,(H,29,34)(H,31,32). The molecule has 2 aromatic heterocycles. The molecule has 2 heterocycles. The SMILES string of the molecule is CN(C(=O)c1ccc(NC2CCCC2)cc1)c1[nH]nc2sc(C(=O)NCCC3(C)C=CC=CC3)cc12. The molecule has 2 aliphatic carbocycles. The molecule has 1 saturated carbocycles. The predicted octanol–water partition coefficient (Wildman–Crippen LogP) is 5.90. The molecule has 3 aromatic rings. The first-order valence-corrected chi connectivity index (χ1v) is 13.5. The van der Waals surface area contributed by atoms with Crippen molar-refractivity contribution in [3.05, 3.63) is 65.1 Å². The highest BCUT2D eigenvalue weighted by atomic mass is 32.1. The van der Waals surface area contributed by atoms with Crippen molar-refractivity contribution in [3.8, 4) is 0 Å². The van der Waals surface area contributed by atoms with E-state index in [1.165, 1.54) is 37.0 Å². The molecule has 8 heteroatoms. The maximum Gasteiger partial charge on any atom is 0.261 e. The number of hydrogen-bond donors (Lipinski definition) is 3. The zero-order valence-corrected chi connectivity index (χ0v) is 21.7. The summed E-state index contributed by atoms with van der Waals surface area (Å²) in [5.74, 6) is 0.348. The summed E-state index contributed by atoms with van der Waals surface area (Å²) in [6.07, 6.45) is 15.3. The normalized spacial score (nSPS) is 19.6. The van der Waals surface area contributed by atoms with Gasteiger partial charge in [0, 0.05) is 30.9 Å². The van der Waals surface area contributed by atoms with E-state index in [1.54, 1.807) is 11.9 Å². The molecule has 2 amide bonds. The molecule has 1 unspecified atom stereocenters. The molecular weight excluding hydrogens is 470 g/mol. The van der Waals surface area contributed by atoms with E-state index in [0.29, 0.717) is 33.7 Å². The molecular formula is C28H33N5O2S. The van der Waals surface area contributed by atoms with Crippen LogP contribution in [0.2, 0.25) is 0 Å². The third-order valence-electron chi connectivity index (χ3n) is 7.26. The number of aromatic amines is 1. The van der Waals surface area contributed by atoms with Gasteiger partial charge < -0.3 is 10.6 Å². The van der Waals surface area contributed by atoms with Crippen molar-refractivity contribution >= 4 is 44.9 Å². The van der Waals surface area contributed by atoms with E-state index in [9.17, 15) is 9.59 Å². The molecule has 1 fully saturated rings. The fourth-order valence-electron chi connectivity index (χ4n) is 4.98. The molecule has 36 heavy (non-hydrogen) atoms. The summed E-state index contributed by atoms with van der Waals surface area (Å²) in [6.45, 7) is 2.81. The predicted molar refractivity (Wildman–Crippen MR) is 147 cm³/mol. The van der Waals surface area contributed by atoms with Gasteiger partial charge in [0.15, 0.2) is 0 Å². The van der Waals surface area contributed by atoms with Crippen LogP contribution in [-0.2, 0) is 0 Å². The number of allylic oxidation sites excluding steroid dienone is 4. The number of anilines is 2. The van der Waals surface area contributed by atoms with Gasteiger partial charge in [-0.05, 0) is 61.4 Å². The van der Waals surface area contributed by atoms with Crippen molar-refractivity contribution in [1.29, 1.82) is 0 Å².